The predicted octanol–water partition coefficient (Wildman–Crippen LogP) is 2.34. The second-order valence-corrected chi connectivity index (χ2v) is 9.02. The number of carbonyl (C=O) groups is 2. The smallest absolute Gasteiger partial charge is 0.230 e. The van der Waals surface area contributed by atoms with E-state index in [9.17, 15) is 23.1 Å². The van der Waals surface area contributed by atoms with Gasteiger partial charge in [-0.15, -0.1) is 0 Å². The molecule has 1 aliphatic heterocycles. The van der Waals surface area contributed by atoms with Crippen LogP contribution < -0.4 is 5.32 Å². The van der Waals surface area contributed by atoms with Crippen LogP contribution in [-0.2, 0) is 19.4 Å². The van der Waals surface area contributed by atoms with Gasteiger partial charge in [0, 0.05) is 13.5 Å². The second kappa shape index (κ2) is 7.63. The van der Waals surface area contributed by atoms with Crippen molar-refractivity contribution in [3.05, 3.63) is 54.1 Å². The Morgan fingerprint density at radius 1 is 1.21 bits per heavy atom. The van der Waals surface area contributed by atoms with E-state index in [1.165, 1.54) is 30.0 Å². The second-order valence-electron chi connectivity index (χ2n) is 6.74. The van der Waals surface area contributed by atoms with Crippen LogP contribution in [0.5, 0.6) is 5.75 Å². The molecule has 1 saturated heterocycles. The number of sulfone groups is 1. The number of amides is 2. The first-order chi connectivity index (χ1) is 13.2. The van der Waals surface area contributed by atoms with Crippen LogP contribution in [-0.4, -0.2) is 43.0 Å². The van der Waals surface area contributed by atoms with E-state index >= 15 is 0 Å². The lowest BCUT2D eigenvalue weighted by molar-refractivity contribution is -0.127. The third kappa shape index (κ3) is 3.73. The fourth-order valence-electron chi connectivity index (χ4n) is 3.41. The Morgan fingerprint density at radius 3 is 2.54 bits per heavy atom. The summed E-state index contributed by atoms with van der Waals surface area (Å²) in [7, 11) is -1.84. The van der Waals surface area contributed by atoms with Gasteiger partial charge in [0.2, 0.25) is 11.8 Å². The number of carbonyl (C=O) groups excluding carboxylic acids is 2. The molecule has 1 fully saturated rings. The van der Waals surface area contributed by atoms with Crippen LogP contribution in [0, 0.1) is 5.92 Å². The molecular formula is C20H22N2O5S. The van der Waals surface area contributed by atoms with Crippen LogP contribution in [0.3, 0.4) is 0 Å². The van der Waals surface area contributed by atoms with E-state index < -0.39 is 27.7 Å². The van der Waals surface area contributed by atoms with Crippen LogP contribution in [0.1, 0.15) is 24.9 Å². The highest BCUT2D eigenvalue weighted by atomic mass is 32.2. The number of nitrogens with zero attached hydrogens (tertiary/aromatic N) is 1. The van der Waals surface area contributed by atoms with Crippen molar-refractivity contribution in [1.29, 1.82) is 0 Å². The Hall–Kier alpha value is -2.87. The number of phenols is 1. The fraction of sp³-hybridized carbons (Fsp3) is 0.300. The van der Waals surface area contributed by atoms with Gasteiger partial charge in [0.05, 0.1) is 28.3 Å². The van der Waals surface area contributed by atoms with Gasteiger partial charge < -0.3 is 15.3 Å². The molecule has 0 unspecified atom stereocenters. The van der Waals surface area contributed by atoms with Crippen LogP contribution in [0.2, 0.25) is 0 Å². The number of aromatic hydroxyl groups is 1. The highest BCUT2D eigenvalue weighted by Gasteiger charge is 2.42. The molecule has 3 rings (SSSR count). The number of hydrogen-bond donors (Lipinski definition) is 2. The quantitative estimate of drug-likeness (QED) is 0.747. The van der Waals surface area contributed by atoms with Crippen molar-refractivity contribution in [1.82, 2.24) is 4.90 Å². The molecule has 148 valence electrons. The molecule has 2 N–H and O–H groups in total. The van der Waals surface area contributed by atoms with Crippen LogP contribution in [0.25, 0.3) is 0 Å². The third-order valence-corrected chi connectivity index (χ3v) is 6.76. The molecule has 0 bridgehead atoms. The van der Waals surface area contributed by atoms with Crippen molar-refractivity contribution in [2.24, 2.45) is 5.92 Å². The Kier molecular flexibility index (Phi) is 5.42. The van der Waals surface area contributed by atoms with Crippen molar-refractivity contribution >= 4 is 27.3 Å². The van der Waals surface area contributed by atoms with Crippen LogP contribution in [0.15, 0.2) is 53.4 Å². The van der Waals surface area contributed by atoms with Crippen LogP contribution >= 0.6 is 0 Å². The van der Waals surface area contributed by atoms with Crippen molar-refractivity contribution < 1.29 is 23.1 Å². The lowest BCUT2D eigenvalue weighted by Crippen LogP contribution is -2.30. The van der Waals surface area contributed by atoms with Gasteiger partial charge in [-0.2, -0.15) is 0 Å². The number of likely N-dealkylation sites (tertiary alicyclic amines) is 1. The first-order valence-corrected chi connectivity index (χ1v) is 10.6. The largest absolute Gasteiger partial charge is 0.506 e. The summed E-state index contributed by atoms with van der Waals surface area (Å²) in [5, 5.41) is 12.7. The lowest BCUT2D eigenvalue weighted by atomic mass is 9.93. The number of hydrogen-bond acceptors (Lipinski definition) is 5. The standard InChI is InChI=1S/C20H22N2O5S/c1-3-28(26,27)14-9-10-17(23)16(11-14)21-20(25)15-12-18(24)22(2)19(15)13-7-5-4-6-8-13/h4-11,15,19,23H,3,12H2,1-2H3,(H,21,25)/t15-,19-/m0/s1. The average molecular weight is 402 g/mol. The van der Waals surface area contributed by atoms with E-state index in [0.717, 1.165) is 5.56 Å². The molecule has 2 atom stereocenters. The molecule has 7 nitrogen and oxygen atoms in total. The molecule has 28 heavy (non-hydrogen) atoms. The molecule has 2 aromatic rings. The summed E-state index contributed by atoms with van der Waals surface area (Å²) in [6.45, 7) is 1.52. The van der Waals surface area contributed by atoms with E-state index in [2.05, 4.69) is 5.32 Å². The van der Waals surface area contributed by atoms with E-state index in [0.29, 0.717) is 0 Å². The van der Waals surface area contributed by atoms with Crippen LogP contribution in [0.4, 0.5) is 5.69 Å². The Bertz CT molecular complexity index is 1000. The van der Waals surface area contributed by atoms with E-state index in [1.807, 2.05) is 30.3 Å². The molecule has 8 heteroatoms. The molecule has 1 heterocycles. The Morgan fingerprint density at radius 2 is 1.89 bits per heavy atom. The number of rotatable bonds is 5. The zero-order valence-electron chi connectivity index (χ0n) is 15.6. The van der Waals surface area contributed by atoms with Crippen molar-refractivity contribution in [3.63, 3.8) is 0 Å². The topological polar surface area (TPSA) is 104 Å². The van der Waals surface area contributed by atoms with E-state index in [-0.39, 0.29) is 34.4 Å². The minimum absolute atomic E-state index is 0.00772. The summed E-state index contributed by atoms with van der Waals surface area (Å²) in [5.41, 5.74) is 0.843. The molecule has 0 aromatic heterocycles. The molecule has 0 aliphatic carbocycles. The average Bonchev–Trinajstić information content (AvgIpc) is 2.99. The number of phenolic OH excluding ortho intramolecular Hbond substituents is 1. The molecule has 0 saturated carbocycles. The summed E-state index contributed by atoms with van der Waals surface area (Å²) in [4.78, 5) is 26.7. The van der Waals surface area contributed by atoms with E-state index in [1.54, 1.807) is 7.05 Å². The normalized spacial score (nSPS) is 19.6. The minimum atomic E-state index is -3.49. The summed E-state index contributed by atoms with van der Waals surface area (Å²) in [5.74, 6) is -1.60. The predicted molar refractivity (Wildman–Crippen MR) is 105 cm³/mol. The maximum absolute atomic E-state index is 12.9. The summed E-state index contributed by atoms with van der Waals surface area (Å²) in [6, 6.07) is 12.6. The SMILES string of the molecule is CCS(=O)(=O)c1ccc(O)c(NC(=O)[C@H]2CC(=O)N(C)[C@H]2c2ccccc2)c1. The lowest BCUT2D eigenvalue weighted by Gasteiger charge is -2.25. The van der Waals surface area contributed by atoms with Gasteiger partial charge in [-0.05, 0) is 23.8 Å². The molecule has 2 aromatic carbocycles. The summed E-state index contributed by atoms with van der Waals surface area (Å²) in [6.07, 6.45) is 0.0373. The van der Waals surface area contributed by atoms with Gasteiger partial charge in [-0.25, -0.2) is 8.42 Å². The first kappa shape index (κ1) is 19.9. The zero-order valence-corrected chi connectivity index (χ0v) is 16.4. The van der Waals surface area contributed by atoms with Crippen molar-refractivity contribution in [2.75, 3.05) is 18.1 Å². The molecule has 2 amide bonds. The number of benzene rings is 2. The third-order valence-electron chi connectivity index (χ3n) is 5.03. The van der Waals surface area contributed by atoms with E-state index in [4.69, 9.17) is 0 Å². The van der Waals surface area contributed by atoms with Gasteiger partial charge >= 0.3 is 0 Å². The Labute approximate surface area is 163 Å². The highest BCUT2D eigenvalue weighted by Crippen LogP contribution is 2.38. The van der Waals surface area contributed by atoms with Gasteiger partial charge in [-0.3, -0.25) is 9.59 Å². The number of nitrogens with one attached hydrogen (secondary N) is 1. The van der Waals surface area contributed by atoms with Gasteiger partial charge in [-0.1, -0.05) is 37.3 Å². The molecule has 0 radical (unpaired) electrons. The Balaban J connectivity index is 1.90. The highest BCUT2D eigenvalue weighted by molar-refractivity contribution is 7.91. The van der Waals surface area contributed by atoms with Crippen molar-refractivity contribution in [2.45, 2.75) is 24.3 Å². The molecule has 1 aliphatic rings. The van der Waals surface area contributed by atoms with Gasteiger partial charge in [0.15, 0.2) is 9.84 Å². The minimum Gasteiger partial charge on any atom is -0.506 e. The summed E-state index contributed by atoms with van der Waals surface area (Å²) >= 11 is 0. The zero-order chi connectivity index (χ0) is 20.5. The number of anilines is 1. The molecule has 0 spiro atoms. The maximum Gasteiger partial charge on any atom is 0.230 e. The molecular weight excluding hydrogens is 380 g/mol. The fourth-order valence-corrected chi connectivity index (χ4v) is 4.32. The van der Waals surface area contributed by atoms with Gasteiger partial charge in [0.25, 0.3) is 0 Å². The monoisotopic (exact) mass is 402 g/mol. The summed E-state index contributed by atoms with van der Waals surface area (Å²) < 4.78 is 24.2. The maximum atomic E-state index is 12.9. The first-order valence-electron chi connectivity index (χ1n) is 8.92. The van der Waals surface area contributed by atoms with Gasteiger partial charge in [0.1, 0.15) is 5.75 Å². The van der Waals surface area contributed by atoms with Crippen molar-refractivity contribution in [3.8, 4) is 5.75 Å².